The van der Waals surface area contributed by atoms with Crippen LogP contribution in [-0.2, 0) is 4.74 Å². The summed E-state index contributed by atoms with van der Waals surface area (Å²) in [6, 6.07) is 0. The van der Waals surface area contributed by atoms with E-state index in [0.717, 1.165) is 25.5 Å². The molecule has 0 aromatic heterocycles. The molecule has 0 bridgehead atoms. The highest BCUT2D eigenvalue weighted by Gasteiger charge is 2.24. The van der Waals surface area contributed by atoms with Crippen molar-refractivity contribution in [2.24, 2.45) is 4.99 Å². The van der Waals surface area contributed by atoms with Crippen LogP contribution in [0.15, 0.2) is 4.99 Å². The topological polar surface area (TPSA) is 78.0 Å². The smallest absolute Gasteiger partial charge is 0.408 e. The summed E-state index contributed by atoms with van der Waals surface area (Å²) in [7, 11) is 1.75. The van der Waals surface area contributed by atoms with Gasteiger partial charge in [0.25, 0.3) is 0 Å². The molecule has 1 aliphatic rings. The third kappa shape index (κ3) is 11.8. The van der Waals surface area contributed by atoms with Crippen LogP contribution in [0, 0.1) is 0 Å². The molecular weight excluding hydrogens is 445 g/mol. The van der Waals surface area contributed by atoms with Gasteiger partial charge in [-0.2, -0.15) is 0 Å². The van der Waals surface area contributed by atoms with Crippen LogP contribution >= 0.6 is 24.0 Å². The molecule has 7 nitrogen and oxygen atoms in total. The van der Waals surface area contributed by atoms with E-state index in [0.29, 0.717) is 6.54 Å². The number of aliphatic imine (C=N–C) groups is 1. The number of guanidine groups is 1. The van der Waals surface area contributed by atoms with Gasteiger partial charge in [-0.05, 0) is 73.5 Å². The van der Waals surface area contributed by atoms with Crippen LogP contribution < -0.4 is 16.0 Å². The Balaban J connectivity index is 0.00000625. The summed E-state index contributed by atoms with van der Waals surface area (Å²) in [5, 5.41) is 9.47. The normalized spacial score (nSPS) is 16.0. The summed E-state index contributed by atoms with van der Waals surface area (Å²) < 4.78 is 5.31. The maximum atomic E-state index is 11.9. The summed E-state index contributed by atoms with van der Waals surface area (Å²) >= 11 is 0. The molecule has 1 amide bonds. The SMILES string of the molecule is CN=C(NCCCN1CCCC1)NCC(C)(C)NC(=O)OC(C)(C)C.I. The minimum absolute atomic E-state index is 0. The lowest BCUT2D eigenvalue weighted by atomic mass is 10.1. The van der Waals surface area contributed by atoms with Crippen molar-refractivity contribution in [1.29, 1.82) is 0 Å². The Morgan fingerprint density at radius 3 is 2.27 bits per heavy atom. The first-order chi connectivity index (χ1) is 11.6. The lowest BCUT2D eigenvalue weighted by molar-refractivity contribution is 0.0474. The largest absolute Gasteiger partial charge is 0.444 e. The number of alkyl carbamates (subject to hydrolysis) is 1. The Kier molecular flexibility index (Phi) is 11.5. The summed E-state index contributed by atoms with van der Waals surface area (Å²) in [6.45, 7) is 14.5. The van der Waals surface area contributed by atoms with Crippen molar-refractivity contribution in [1.82, 2.24) is 20.9 Å². The first kappa shape index (κ1) is 25.2. The van der Waals surface area contributed by atoms with Crippen molar-refractivity contribution in [3.8, 4) is 0 Å². The van der Waals surface area contributed by atoms with Gasteiger partial charge in [0.1, 0.15) is 5.60 Å². The second-order valence-corrected chi connectivity index (χ2v) is 8.27. The third-order valence-corrected chi connectivity index (χ3v) is 3.90. The highest BCUT2D eigenvalue weighted by molar-refractivity contribution is 14.0. The Morgan fingerprint density at radius 2 is 1.73 bits per heavy atom. The minimum Gasteiger partial charge on any atom is -0.444 e. The predicted molar refractivity (Wildman–Crippen MR) is 119 cm³/mol. The number of likely N-dealkylation sites (tertiary alicyclic amines) is 1. The van der Waals surface area contributed by atoms with Crippen LogP contribution in [-0.4, -0.2) is 67.9 Å². The van der Waals surface area contributed by atoms with E-state index < -0.39 is 17.2 Å². The molecule has 0 unspecified atom stereocenters. The van der Waals surface area contributed by atoms with Crippen LogP contribution in [0.25, 0.3) is 0 Å². The average Bonchev–Trinajstić information content (AvgIpc) is 2.97. The zero-order valence-corrected chi connectivity index (χ0v) is 19.6. The Morgan fingerprint density at radius 1 is 1.12 bits per heavy atom. The van der Waals surface area contributed by atoms with Gasteiger partial charge in [-0.25, -0.2) is 4.79 Å². The van der Waals surface area contributed by atoms with Gasteiger partial charge < -0.3 is 25.6 Å². The fraction of sp³-hybridized carbons (Fsp3) is 0.889. The van der Waals surface area contributed by atoms with Crippen molar-refractivity contribution in [2.45, 2.75) is 65.0 Å². The molecular formula is C18H38IN5O2. The third-order valence-electron chi connectivity index (χ3n) is 3.90. The highest BCUT2D eigenvalue weighted by atomic mass is 127. The lowest BCUT2D eigenvalue weighted by Crippen LogP contribution is -2.54. The fourth-order valence-electron chi connectivity index (χ4n) is 2.67. The first-order valence-corrected chi connectivity index (χ1v) is 9.29. The van der Waals surface area contributed by atoms with Gasteiger partial charge in [-0.1, -0.05) is 0 Å². The average molecular weight is 483 g/mol. The molecule has 0 aliphatic carbocycles. The molecule has 0 aromatic rings. The molecule has 0 aromatic carbocycles. The molecule has 1 aliphatic heterocycles. The number of carbonyl (C=O) groups excluding carboxylic acids is 1. The number of hydrogen-bond donors (Lipinski definition) is 3. The van der Waals surface area contributed by atoms with E-state index in [9.17, 15) is 4.79 Å². The number of amides is 1. The van der Waals surface area contributed by atoms with Crippen molar-refractivity contribution in [3.63, 3.8) is 0 Å². The van der Waals surface area contributed by atoms with E-state index in [4.69, 9.17) is 4.74 Å². The van der Waals surface area contributed by atoms with Gasteiger partial charge in [0, 0.05) is 20.1 Å². The zero-order chi connectivity index (χ0) is 18.9. The van der Waals surface area contributed by atoms with E-state index >= 15 is 0 Å². The number of halogens is 1. The van der Waals surface area contributed by atoms with Gasteiger partial charge >= 0.3 is 6.09 Å². The second-order valence-electron chi connectivity index (χ2n) is 8.27. The van der Waals surface area contributed by atoms with Crippen LogP contribution in [0.1, 0.15) is 53.9 Å². The number of nitrogens with zero attached hydrogens (tertiary/aromatic N) is 2. The predicted octanol–water partition coefficient (Wildman–Crippen LogP) is 2.56. The van der Waals surface area contributed by atoms with Crippen LogP contribution in [0.5, 0.6) is 0 Å². The van der Waals surface area contributed by atoms with Crippen LogP contribution in [0.3, 0.4) is 0 Å². The second kappa shape index (κ2) is 11.8. The van der Waals surface area contributed by atoms with Crippen molar-refractivity contribution in [3.05, 3.63) is 0 Å². The molecule has 1 heterocycles. The molecule has 1 fully saturated rings. The number of ether oxygens (including phenoxy) is 1. The van der Waals surface area contributed by atoms with Crippen molar-refractivity contribution < 1.29 is 9.53 Å². The van der Waals surface area contributed by atoms with E-state index in [-0.39, 0.29) is 24.0 Å². The van der Waals surface area contributed by atoms with Gasteiger partial charge in [0.15, 0.2) is 5.96 Å². The number of nitrogens with one attached hydrogen (secondary N) is 3. The highest BCUT2D eigenvalue weighted by Crippen LogP contribution is 2.09. The van der Waals surface area contributed by atoms with Gasteiger partial charge in [0.2, 0.25) is 0 Å². The van der Waals surface area contributed by atoms with Crippen molar-refractivity contribution >= 4 is 36.0 Å². The molecule has 1 saturated heterocycles. The Hall–Kier alpha value is -0.770. The van der Waals surface area contributed by atoms with Gasteiger partial charge in [0.05, 0.1) is 5.54 Å². The number of carbonyl (C=O) groups is 1. The standard InChI is InChI=1S/C18H37N5O2.HI/c1-17(2,3)25-16(24)22-18(4,5)14-21-15(19-6)20-10-9-13-23-11-7-8-12-23;/h7-14H2,1-6H3,(H,22,24)(H2,19,20,21);1H. The van der Waals surface area contributed by atoms with Gasteiger partial charge in [-0.15, -0.1) is 24.0 Å². The van der Waals surface area contributed by atoms with E-state index in [1.807, 2.05) is 34.6 Å². The maximum absolute atomic E-state index is 11.9. The molecule has 154 valence electrons. The lowest BCUT2D eigenvalue weighted by Gasteiger charge is -2.29. The fourth-order valence-corrected chi connectivity index (χ4v) is 2.67. The molecule has 0 radical (unpaired) electrons. The number of rotatable bonds is 7. The van der Waals surface area contributed by atoms with Crippen molar-refractivity contribution in [2.75, 3.05) is 39.8 Å². The maximum Gasteiger partial charge on any atom is 0.408 e. The van der Waals surface area contributed by atoms with E-state index in [1.54, 1.807) is 7.05 Å². The summed E-state index contributed by atoms with van der Waals surface area (Å²) in [5.74, 6) is 0.750. The molecule has 8 heteroatoms. The first-order valence-electron chi connectivity index (χ1n) is 9.29. The molecule has 26 heavy (non-hydrogen) atoms. The van der Waals surface area contributed by atoms with E-state index in [1.165, 1.54) is 25.9 Å². The van der Waals surface area contributed by atoms with Crippen LogP contribution in [0.2, 0.25) is 0 Å². The summed E-state index contributed by atoms with van der Waals surface area (Å²) in [4.78, 5) is 18.7. The molecule has 1 rings (SSSR count). The molecule has 0 spiro atoms. The zero-order valence-electron chi connectivity index (χ0n) is 17.3. The van der Waals surface area contributed by atoms with E-state index in [2.05, 4.69) is 25.8 Å². The van der Waals surface area contributed by atoms with Gasteiger partial charge in [-0.3, -0.25) is 4.99 Å². The summed E-state index contributed by atoms with van der Waals surface area (Å²) in [6.07, 6.45) is 3.35. The molecule has 0 saturated carbocycles. The molecule has 3 N–H and O–H groups in total. The minimum atomic E-state index is -0.499. The summed E-state index contributed by atoms with van der Waals surface area (Å²) in [5.41, 5.74) is -0.948. The number of hydrogen-bond acceptors (Lipinski definition) is 4. The molecule has 0 atom stereocenters. The van der Waals surface area contributed by atoms with Crippen LogP contribution in [0.4, 0.5) is 4.79 Å². The quantitative estimate of drug-likeness (QED) is 0.225. The monoisotopic (exact) mass is 483 g/mol. The Labute approximate surface area is 176 Å². The Bertz CT molecular complexity index is 443.